The van der Waals surface area contributed by atoms with Crippen LogP contribution >= 0.6 is 0 Å². The fourth-order valence-corrected chi connectivity index (χ4v) is 2.43. The second-order valence-electron chi connectivity index (χ2n) is 4.58. The van der Waals surface area contributed by atoms with E-state index in [1.54, 1.807) is 17.0 Å². The Hall–Kier alpha value is -1.93. The van der Waals surface area contributed by atoms with Gasteiger partial charge in [0.2, 0.25) is 11.7 Å². The van der Waals surface area contributed by atoms with Crippen molar-refractivity contribution in [2.24, 2.45) is 0 Å². The topological polar surface area (TPSA) is 108 Å². The number of aliphatic hydroxyl groups is 1. The van der Waals surface area contributed by atoms with Crippen molar-refractivity contribution in [1.29, 1.82) is 0 Å². The van der Waals surface area contributed by atoms with E-state index in [9.17, 15) is 9.90 Å². The second kappa shape index (κ2) is 4.32. The summed E-state index contributed by atoms with van der Waals surface area (Å²) in [5.41, 5.74) is 5.02. The van der Waals surface area contributed by atoms with Crippen LogP contribution in [0.2, 0.25) is 0 Å². The molecule has 8 nitrogen and oxygen atoms in total. The lowest BCUT2D eigenvalue weighted by molar-refractivity contribution is -0.0182. The lowest BCUT2D eigenvalue weighted by Crippen LogP contribution is -2.19. The summed E-state index contributed by atoms with van der Waals surface area (Å²) < 4.78 is 8.95. The van der Waals surface area contributed by atoms with E-state index >= 15 is 0 Å². The third-order valence-electron chi connectivity index (χ3n) is 3.39. The van der Waals surface area contributed by atoms with Gasteiger partial charge < -0.3 is 15.6 Å². The number of anilines is 1. The molecule has 1 fully saturated rings. The first-order chi connectivity index (χ1) is 9.10. The van der Waals surface area contributed by atoms with E-state index in [1.165, 1.54) is 4.40 Å². The molecule has 1 aliphatic rings. The number of hydrogen-bond acceptors (Lipinski definition) is 6. The van der Waals surface area contributed by atoms with E-state index in [0.717, 1.165) is 6.42 Å². The number of rotatable bonds is 2. The van der Waals surface area contributed by atoms with Gasteiger partial charge in [-0.2, -0.15) is 9.97 Å². The van der Waals surface area contributed by atoms with E-state index in [0.29, 0.717) is 12.2 Å². The molecule has 0 bridgehead atoms. The predicted molar refractivity (Wildman–Crippen MR) is 66.5 cm³/mol. The van der Waals surface area contributed by atoms with Crippen LogP contribution in [0.5, 0.6) is 0 Å². The van der Waals surface area contributed by atoms with Crippen LogP contribution in [0.25, 0.3) is 5.78 Å². The van der Waals surface area contributed by atoms with E-state index in [-0.39, 0.29) is 18.3 Å². The second-order valence-corrected chi connectivity index (χ2v) is 4.58. The van der Waals surface area contributed by atoms with Gasteiger partial charge in [-0.3, -0.25) is 8.97 Å². The van der Waals surface area contributed by atoms with Gasteiger partial charge >= 0.3 is 5.69 Å². The minimum atomic E-state index is -0.636. The summed E-state index contributed by atoms with van der Waals surface area (Å²) in [4.78, 5) is 18.7. The molecule has 102 valence electrons. The number of nitrogens with two attached hydrogens (primary N) is 1. The number of nitrogens with zero attached hydrogens (tertiary/aromatic N) is 4. The minimum Gasteiger partial charge on any atom is -0.390 e. The lowest BCUT2D eigenvalue weighted by atomic mass is 10.1. The Morgan fingerprint density at radius 1 is 1.53 bits per heavy atom. The first kappa shape index (κ1) is 12.1. The zero-order valence-corrected chi connectivity index (χ0v) is 10.4. The summed E-state index contributed by atoms with van der Waals surface area (Å²) in [6.07, 6.45) is 3.52. The fourth-order valence-electron chi connectivity index (χ4n) is 2.43. The van der Waals surface area contributed by atoms with Gasteiger partial charge in [0.15, 0.2) is 0 Å². The van der Waals surface area contributed by atoms with Gasteiger partial charge in [-0.05, 0) is 6.42 Å². The van der Waals surface area contributed by atoms with Gasteiger partial charge in [-0.15, -0.1) is 0 Å². The van der Waals surface area contributed by atoms with Gasteiger partial charge in [0.05, 0.1) is 12.2 Å². The quantitative estimate of drug-likeness (QED) is 0.760. The Labute approximate surface area is 108 Å². The van der Waals surface area contributed by atoms with Crippen LogP contribution in [-0.4, -0.2) is 36.3 Å². The van der Waals surface area contributed by atoms with Crippen LogP contribution in [0.4, 0.5) is 5.95 Å². The molecule has 0 aromatic carbocycles. The highest BCUT2D eigenvalue weighted by molar-refractivity contribution is 5.37. The average Bonchev–Trinajstić information content (AvgIpc) is 2.92. The average molecular weight is 265 g/mol. The third-order valence-corrected chi connectivity index (χ3v) is 3.39. The Kier molecular flexibility index (Phi) is 2.76. The first-order valence-corrected chi connectivity index (χ1v) is 6.16. The van der Waals surface area contributed by atoms with Crippen molar-refractivity contribution in [3.63, 3.8) is 0 Å². The maximum atomic E-state index is 11.3. The molecule has 3 heterocycles. The van der Waals surface area contributed by atoms with Gasteiger partial charge in [-0.1, -0.05) is 6.92 Å². The molecule has 0 spiro atoms. The van der Waals surface area contributed by atoms with E-state index in [2.05, 4.69) is 9.97 Å². The molecule has 0 saturated carbocycles. The third kappa shape index (κ3) is 1.89. The van der Waals surface area contributed by atoms with Crippen LogP contribution in [-0.2, 0) is 4.74 Å². The van der Waals surface area contributed by atoms with Gasteiger partial charge in [0.25, 0.3) is 0 Å². The minimum absolute atomic E-state index is 0.0827. The normalized spacial score (nSPS) is 27.2. The van der Waals surface area contributed by atoms with Crippen molar-refractivity contribution >= 4 is 11.7 Å². The summed E-state index contributed by atoms with van der Waals surface area (Å²) in [6.45, 7) is 1.95. The predicted octanol–water partition coefficient (Wildman–Crippen LogP) is -0.468. The molecule has 2 aromatic heterocycles. The number of hydrogen-bond donors (Lipinski definition) is 2. The molecule has 0 radical (unpaired) electrons. The van der Waals surface area contributed by atoms with Crippen LogP contribution < -0.4 is 11.4 Å². The molecule has 0 unspecified atom stereocenters. The SMILES string of the molecule is CC[C@H]1O[C@@H](n2ccn3c(N)nc(=O)nc23)C[C@H]1O. The molecule has 2 aromatic rings. The van der Waals surface area contributed by atoms with Crippen LogP contribution in [0.3, 0.4) is 0 Å². The number of imidazole rings is 1. The highest BCUT2D eigenvalue weighted by Gasteiger charge is 2.34. The van der Waals surface area contributed by atoms with Gasteiger partial charge in [0, 0.05) is 18.8 Å². The molecule has 3 N–H and O–H groups in total. The zero-order valence-electron chi connectivity index (χ0n) is 10.4. The monoisotopic (exact) mass is 265 g/mol. The molecule has 3 atom stereocenters. The largest absolute Gasteiger partial charge is 0.390 e. The lowest BCUT2D eigenvalue weighted by Gasteiger charge is -2.14. The number of aromatic nitrogens is 4. The Bertz CT molecular complexity index is 664. The van der Waals surface area contributed by atoms with Crippen molar-refractivity contribution in [2.45, 2.75) is 38.2 Å². The molecule has 3 rings (SSSR count). The molecule has 19 heavy (non-hydrogen) atoms. The maximum absolute atomic E-state index is 11.3. The summed E-state index contributed by atoms with van der Waals surface area (Å²) in [7, 11) is 0. The highest BCUT2D eigenvalue weighted by Crippen LogP contribution is 2.31. The first-order valence-electron chi connectivity index (χ1n) is 6.16. The molecular weight excluding hydrogens is 250 g/mol. The van der Waals surface area contributed by atoms with E-state index in [1.807, 2.05) is 6.92 Å². The Morgan fingerprint density at radius 2 is 2.32 bits per heavy atom. The molecular formula is C11H15N5O3. The number of ether oxygens (including phenoxy) is 1. The number of nitrogen functional groups attached to an aromatic ring is 1. The van der Waals surface area contributed by atoms with Crippen molar-refractivity contribution in [2.75, 3.05) is 5.73 Å². The van der Waals surface area contributed by atoms with E-state index < -0.39 is 11.8 Å². The molecule has 1 aliphatic heterocycles. The van der Waals surface area contributed by atoms with E-state index in [4.69, 9.17) is 10.5 Å². The summed E-state index contributed by atoms with van der Waals surface area (Å²) >= 11 is 0. The number of fused-ring (bicyclic) bond motifs is 1. The molecule has 8 heteroatoms. The van der Waals surface area contributed by atoms with Crippen molar-refractivity contribution in [3.8, 4) is 0 Å². The Morgan fingerprint density at radius 3 is 3.00 bits per heavy atom. The Balaban J connectivity index is 2.05. The van der Waals surface area contributed by atoms with Crippen molar-refractivity contribution in [1.82, 2.24) is 18.9 Å². The van der Waals surface area contributed by atoms with Crippen LogP contribution in [0, 0.1) is 0 Å². The maximum Gasteiger partial charge on any atom is 0.373 e. The summed E-state index contributed by atoms with van der Waals surface area (Å²) in [5, 5.41) is 9.88. The molecule has 1 saturated heterocycles. The van der Waals surface area contributed by atoms with Crippen molar-refractivity contribution < 1.29 is 9.84 Å². The molecule has 0 amide bonds. The number of aliphatic hydroxyl groups excluding tert-OH is 1. The highest BCUT2D eigenvalue weighted by atomic mass is 16.5. The standard InChI is InChI=1S/C11H15N5O3/c1-2-7-6(17)5-8(19-7)15-3-4-16-9(12)13-10(18)14-11(15)16/h3-4,6-8,17H,2,5H2,1H3,(H2,12,13,18)/t6-,7-,8-/m1/s1. The summed E-state index contributed by atoms with van der Waals surface area (Å²) in [5.74, 6) is 0.450. The molecule has 0 aliphatic carbocycles. The van der Waals surface area contributed by atoms with Crippen molar-refractivity contribution in [3.05, 3.63) is 22.9 Å². The summed E-state index contributed by atoms with van der Waals surface area (Å²) in [6, 6.07) is 0. The van der Waals surface area contributed by atoms with Gasteiger partial charge in [-0.25, -0.2) is 4.79 Å². The van der Waals surface area contributed by atoms with Crippen LogP contribution in [0.15, 0.2) is 17.2 Å². The van der Waals surface area contributed by atoms with Gasteiger partial charge in [0.1, 0.15) is 6.23 Å². The smallest absolute Gasteiger partial charge is 0.373 e. The fraction of sp³-hybridized carbons (Fsp3) is 0.545. The zero-order chi connectivity index (χ0) is 13.6. The van der Waals surface area contributed by atoms with Crippen LogP contribution in [0.1, 0.15) is 26.0 Å².